The van der Waals surface area contributed by atoms with Gasteiger partial charge in [0.05, 0.1) is 31.1 Å². The molecule has 25 heteroatoms. The SMILES string of the molecule is CC1=NN(S(=O)(=O)c2ccc(O)c3ncccc23)C2=NOC(c3ccc([N+](=O)[O-])cc3)C12.CC1=NN(S(=O)(=O)c2ccc(O)c3ncccc23)C2=NOC(c3ccc([N+](=O)[O-])cc3)C12.[Cu]. The molecule has 4 aliphatic heterocycles. The van der Waals surface area contributed by atoms with Crippen LogP contribution in [-0.2, 0) is 46.8 Å². The summed E-state index contributed by atoms with van der Waals surface area (Å²) in [6.07, 6.45) is 1.56. The molecule has 1 radical (unpaired) electrons. The number of hydrogen-bond acceptors (Lipinski definition) is 18. The predicted octanol–water partition coefficient (Wildman–Crippen LogP) is 5.86. The number of nitro benzene ring substituents is 2. The fourth-order valence-electron chi connectivity index (χ4n) is 7.69. The van der Waals surface area contributed by atoms with Crippen LogP contribution in [-0.4, -0.2) is 78.8 Å². The van der Waals surface area contributed by atoms with Crippen molar-refractivity contribution in [3.8, 4) is 11.5 Å². The molecule has 4 unspecified atom stereocenters. The van der Waals surface area contributed by atoms with Gasteiger partial charge in [-0.25, -0.2) is 0 Å². The number of phenols is 2. The Labute approximate surface area is 377 Å². The van der Waals surface area contributed by atoms with Crippen LogP contribution in [0, 0.1) is 32.1 Å². The zero-order valence-corrected chi connectivity index (χ0v) is 35.8. The van der Waals surface area contributed by atoms with E-state index in [1.54, 1.807) is 62.4 Å². The first-order chi connectivity index (χ1) is 30.6. The van der Waals surface area contributed by atoms with Gasteiger partial charge in [-0.3, -0.25) is 30.2 Å². The first-order valence-electron chi connectivity index (χ1n) is 18.9. The Hall–Kier alpha value is -7.60. The Morgan fingerprint density at radius 1 is 0.585 bits per heavy atom. The molecule has 2 N–H and O–H groups in total. The molecule has 22 nitrogen and oxygen atoms in total. The van der Waals surface area contributed by atoms with E-state index in [4.69, 9.17) is 9.68 Å². The summed E-state index contributed by atoms with van der Waals surface area (Å²) >= 11 is 0. The summed E-state index contributed by atoms with van der Waals surface area (Å²) in [7, 11) is -8.40. The number of aromatic nitrogens is 2. The summed E-state index contributed by atoms with van der Waals surface area (Å²) in [6, 6.07) is 22.9. The summed E-state index contributed by atoms with van der Waals surface area (Å²) in [5, 5.41) is 58.8. The fourth-order valence-corrected chi connectivity index (χ4v) is 10.7. The fraction of sp³-hybridized carbons (Fsp3) is 0.150. The van der Waals surface area contributed by atoms with Gasteiger partial charge < -0.3 is 19.9 Å². The van der Waals surface area contributed by atoms with Gasteiger partial charge in [-0.1, -0.05) is 10.3 Å². The number of nitro groups is 2. The van der Waals surface area contributed by atoms with Gasteiger partial charge in [0.2, 0.25) is 0 Å². The van der Waals surface area contributed by atoms with Crippen LogP contribution in [0.25, 0.3) is 21.8 Å². The number of oxime groups is 2. The standard InChI is InChI=1S/2C20H15N5O6S.Cu/c2*1-11-17-19(12-4-6-13(7-5-12)25(27)28)31-23-20(17)24(22-11)32(29,30)16-9-8-15(26)18-14(16)3-2-10-21-18;/h2*2-10,17,19,26H,1H3;. The molecule has 0 saturated heterocycles. The van der Waals surface area contributed by atoms with E-state index in [0.717, 1.165) is 8.83 Å². The van der Waals surface area contributed by atoms with Gasteiger partial charge in [-0.15, -0.1) is 8.83 Å². The minimum atomic E-state index is -4.20. The topological polar surface area (TPSA) is 295 Å². The smallest absolute Gasteiger partial charge is 0.285 e. The predicted molar refractivity (Wildman–Crippen MR) is 227 cm³/mol. The maximum Gasteiger partial charge on any atom is 0.285 e. The van der Waals surface area contributed by atoms with Crippen molar-refractivity contribution in [1.82, 2.24) is 18.8 Å². The van der Waals surface area contributed by atoms with Gasteiger partial charge in [0, 0.05) is 64.5 Å². The van der Waals surface area contributed by atoms with E-state index in [2.05, 4.69) is 30.5 Å². The number of aromatic hydroxyl groups is 2. The molecule has 0 aliphatic carbocycles. The molecular formula is C40H30CuN10O12S2. The average Bonchev–Trinajstić information content (AvgIpc) is 4.08. The summed E-state index contributed by atoms with van der Waals surface area (Å²) in [6.45, 7) is 3.33. The zero-order valence-electron chi connectivity index (χ0n) is 33.3. The number of hydrogen-bond donors (Lipinski definition) is 2. The number of pyridine rings is 2. The molecule has 65 heavy (non-hydrogen) atoms. The van der Waals surface area contributed by atoms with Crippen molar-refractivity contribution in [3.63, 3.8) is 0 Å². The van der Waals surface area contributed by atoms with Crippen molar-refractivity contribution >= 4 is 76.3 Å². The van der Waals surface area contributed by atoms with Crippen molar-refractivity contribution in [2.24, 2.45) is 32.4 Å². The molecule has 4 atom stereocenters. The van der Waals surface area contributed by atoms with Gasteiger partial charge in [0.15, 0.2) is 23.9 Å². The van der Waals surface area contributed by atoms with E-state index in [1.165, 1.54) is 60.9 Å². The van der Waals surface area contributed by atoms with E-state index in [1.807, 2.05) is 0 Å². The Bertz CT molecular complexity index is 3100. The van der Waals surface area contributed by atoms with Gasteiger partial charge in [-0.05, 0) is 97.8 Å². The van der Waals surface area contributed by atoms with E-state index in [0.29, 0.717) is 22.6 Å². The van der Waals surface area contributed by atoms with Crippen LogP contribution in [0.3, 0.4) is 0 Å². The van der Waals surface area contributed by atoms with Crippen LogP contribution in [0.15, 0.2) is 140 Å². The second-order valence-electron chi connectivity index (χ2n) is 14.5. The summed E-state index contributed by atoms with van der Waals surface area (Å²) in [5.41, 5.74) is 2.31. The first-order valence-corrected chi connectivity index (χ1v) is 21.8. The van der Waals surface area contributed by atoms with Gasteiger partial charge in [-0.2, -0.15) is 27.0 Å². The van der Waals surface area contributed by atoms with E-state index in [-0.39, 0.29) is 83.2 Å². The Morgan fingerprint density at radius 2 is 0.954 bits per heavy atom. The number of rotatable bonds is 8. The van der Waals surface area contributed by atoms with Crippen LogP contribution in [0.4, 0.5) is 11.4 Å². The molecule has 6 heterocycles. The van der Waals surface area contributed by atoms with Gasteiger partial charge >= 0.3 is 0 Å². The van der Waals surface area contributed by atoms with Crippen molar-refractivity contribution in [1.29, 1.82) is 0 Å². The van der Waals surface area contributed by atoms with E-state index in [9.17, 15) is 47.3 Å². The minimum Gasteiger partial charge on any atom is -0.506 e. The number of phenolic OH excluding ortho intramolecular Hbond substituents is 2. The first kappa shape index (κ1) is 44.0. The normalized spacial score (nSPS) is 19.7. The third kappa shape index (κ3) is 7.38. The van der Waals surface area contributed by atoms with Crippen LogP contribution in [0.1, 0.15) is 37.2 Å². The molecule has 0 amide bonds. The monoisotopic (exact) mass is 969 g/mol. The molecule has 335 valence electrons. The number of non-ortho nitro benzene ring substituents is 2. The number of hydrazone groups is 2. The third-order valence-corrected chi connectivity index (χ3v) is 14.0. The Kier molecular flexibility index (Phi) is 11.2. The number of fused-ring (bicyclic) bond motifs is 4. The molecule has 0 saturated carbocycles. The Balaban J connectivity index is 0.000000175. The molecule has 4 aliphatic rings. The zero-order chi connectivity index (χ0) is 45.2. The molecule has 4 aromatic carbocycles. The molecular weight excluding hydrogens is 940 g/mol. The number of amidine groups is 2. The van der Waals surface area contributed by atoms with Crippen LogP contribution >= 0.6 is 0 Å². The van der Waals surface area contributed by atoms with Crippen LogP contribution < -0.4 is 0 Å². The molecule has 0 fully saturated rings. The summed E-state index contributed by atoms with van der Waals surface area (Å²) in [4.78, 5) is 39.8. The number of nitrogens with zero attached hydrogens (tertiary/aromatic N) is 10. The minimum absolute atomic E-state index is 0. The average molecular weight is 970 g/mol. The van der Waals surface area contributed by atoms with Crippen LogP contribution in [0.2, 0.25) is 0 Å². The molecule has 10 rings (SSSR count). The van der Waals surface area contributed by atoms with Crippen molar-refractivity contribution < 1.29 is 63.6 Å². The number of benzene rings is 4. The summed E-state index contributed by atoms with van der Waals surface area (Å²) < 4.78 is 55.7. The maximum absolute atomic E-state index is 13.5. The second kappa shape index (κ2) is 16.5. The molecule has 2 aromatic heterocycles. The van der Waals surface area contributed by atoms with E-state index >= 15 is 0 Å². The quantitative estimate of drug-likeness (QED) is 0.103. The molecule has 0 spiro atoms. The van der Waals surface area contributed by atoms with E-state index < -0.39 is 53.9 Å². The molecule has 0 bridgehead atoms. The molecule has 6 aromatic rings. The second-order valence-corrected chi connectivity index (χ2v) is 18.0. The van der Waals surface area contributed by atoms with Crippen molar-refractivity contribution in [3.05, 3.63) is 141 Å². The van der Waals surface area contributed by atoms with Gasteiger partial charge in [0.25, 0.3) is 31.4 Å². The third-order valence-electron chi connectivity index (χ3n) is 10.8. The van der Waals surface area contributed by atoms with Gasteiger partial charge in [0.1, 0.15) is 34.4 Å². The largest absolute Gasteiger partial charge is 0.506 e. The maximum atomic E-state index is 13.5. The Morgan fingerprint density at radius 3 is 1.31 bits per heavy atom. The number of sulfonamides is 2. The summed E-state index contributed by atoms with van der Waals surface area (Å²) in [5.74, 6) is -1.25. The van der Waals surface area contributed by atoms with Crippen LogP contribution in [0.5, 0.6) is 11.5 Å². The van der Waals surface area contributed by atoms with Crippen molar-refractivity contribution in [2.75, 3.05) is 0 Å². The van der Waals surface area contributed by atoms with Crippen molar-refractivity contribution in [2.45, 2.75) is 35.8 Å².